The fourth-order valence-corrected chi connectivity index (χ4v) is 1.42. The highest BCUT2D eigenvalue weighted by molar-refractivity contribution is 5.73. The van der Waals surface area contributed by atoms with Gasteiger partial charge in [0.1, 0.15) is 12.6 Å². The SMILES string of the molecule is CC[C@H](C)[C@@H]([C]=O)NC(=O)OCc1ccccc1. The number of alkyl carbamates (subject to hydrolysis) is 1. The van der Waals surface area contributed by atoms with Crippen LogP contribution >= 0.6 is 0 Å². The lowest BCUT2D eigenvalue weighted by Gasteiger charge is -2.17. The number of rotatable bonds is 6. The molecule has 4 nitrogen and oxygen atoms in total. The second-order valence-corrected chi connectivity index (χ2v) is 4.19. The first-order chi connectivity index (χ1) is 8.67. The summed E-state index contributed by atoms with van der Waals surface area (Å²) < 4.78 is 5.03. The zero-order chi connectivity index (χ0) is 13.4. The Morgan fingerprint density at radius 1 is 1.39 bits per heavy atom. The van der Waals surface area contributed by atoms with E-state index in [1.165, 1.54) is 0 Å². The van der Waals surface area contributed by atoms with E-state index in [1.807, 2.05) is 50.5 Å². The molecule has 1 radical (unpaired) electrons. The average Bonchev–Trinajstić information content (AvgIpc) is 2.42. The van der Waals surface area contributed by atoms with Gasteiger partial charge in [0.2, 0.25) is 6.29 Å². The molecule has 0 unspecified atom stereocenters. The molecule has 0 aromatic heterocycles. The van der Waals surface area contributed by atoms with Crippen LogP contribution in [0.1, 0.15) is 25.8 Å². The van der Waals surface area contributed by atoms with Crippen molar-refractivity contribution in [1.29, 1.82) is 0 Å². The van der Waals surface area contributed by atoms with Crippen molar-refractivity contribution < 1.29 is 14.3 Å². The molecule has 0 bridgehead atoms. The van der Waals surface area contributed by atoms with Gasteiger partial charge in [-0.15, -0.1) is 0 Å². The lowest BCUT2D eigenvalue weighted by Crippen LogP contribution is -2.40. The molecule has 1 N–H and O–H groups in total. The van der Waals surface area contributed by atoms with E-state index in [-0.39, 0.29) is 12.5 Å². The number of nitrogens with one attached hydrogen (secondary N) is 1. The summed E-state index contributed by atoms with van der Waals surface area (Å²) in [7, 11) is 0. The smallest absolute Gasteiger partial charge is 0.408 e. The third kappa shape index (κ3) is 4.57. The van der Waals surface area contributed by atoms with Crippen LogP contribution < -0.4 is 5.32 Å². The van der Waals surface area contributed by atoms with Crippen LogP contribution in [0.15, 0.2) is 30.3 Å². The number of amides is 1. The van der Waals surface area contributed by atoms with Crippen molar-refractivity contribution in [3.63, 3.8) is 0 Å². The van der Waals surface area contributed by atoms with Crippen molar-refractivity contribution >= 4 is 12.4 Å². The molecule has 1 amide bonds. The second kappa shape index (κ2) is 7.48. The first kappa shape index (κ1) is 14.2. The molecule has 0 aliphatic carbocycles. The Morgan fingerprint density at radius 3 is 2.61 bits per heavy atom. The lowest BCUT2D eigenvalue weighted by atomic mass is 10.0. The fraction of sp³-hybridized carbons (Fsp3) is 0.429. The van der Waals surface area contributed by atoms with Gasteiger partial charge in [-0.3, -0.25) is 4.79 Å². The normalized spacial score (nSPS) is 13.4. The van der Waals surface area contributed by atoms with Crippen LogP contribution in [0.2, 0.25) is 0 Å². The van der Waals surface area contributed by atoms with Gasteiger partial charge in [-0.25, -0.2) is 4.79 Å². The Balaban J connectivity index is 2.39. The van der Waals surface area contributed by atoms with Gasteiger partial charge in [0.15, 0.2) is 0 Å². The van der Waals surface area contributed by atoms with Gasteiger partial charge < -0.3 is 10.1 Å². The molecule has 0 aliphatic rings. The largest absolute Gasteiger partial charge is 0.445 e. The van der Waals surface area contributed by atoms with Gasteiger partial charge >= 0.3 is 6.09 Å². The second-order valence-electron chi connectivity index (χ2n) is 4.19. The first-order valence-corrected chi connectivity index (χ1v) is 6.02. The molecule has 1 aromatic rings. The molecule has 18 heavy (non-hydrogen) atoms. The van der Waals surface area contributed by atoms with E-state index < -0.39 is 12.1 Å². The number of ether oxygens (including phenoxy) is 1. The van der Waals surface area contributed by atoms with Crippen molar-refractivity contribution in [2.45, 2.75) is 32.9 Å². The Bertz CT molecular complexity index is 378. The summed E-state index contributed by atoms with van der Waals surface area (Å²) in [6, 6.07) is 8.76. The minimum Gasteiger partial charge on any atom is -0.445 e. The quantitative estimate of drug-likeness (QED) is 0.841. The molecule has 4 heteroatoms. The van der Waals surface area contributed by atoms with Gasteiger partial charge in [0.25, 0.3) is 0 Å². The van der Waals surface area contributed by atoms with Crippen molar-refractivity contribution in [3.8, 4) is 0 Å². The maximum Gasteiger partial charge on any atom is 0.408 e. The molecule has 1 aromatic carbocycles. The fourth-order valence-electron chi connectivity index (χ4n) is 1.42. The van der Waals surface area contributed by atoms with Crippen LogP contribution in [-0.2, 0) is 16.1 Å². The summed E-state index contributed by atoms with van der Waals surface area (Å²) in [5.74, 6) is 0.0479. The molecule has 0 heterocycles. The first-order valence-electron chi connectivity index (χ1n) is 6.02. The Hall–Kier alpha value is -1.84. The minimum atomic E-state index is -0.613. The summed E-state index contributed by atoms with van der Waals surface area (Å²) in [6.07, 6.45) is 2.02. The van der Waals surface area contributed by atoms with Crippen molar-refractivity contribution in [3.05, 3.63) is 35.9 Å². The van der Waals surface area contributed by atoms with E-state index in [1.54, 1.807) is 0 Å². The Morgan fingerprint density at radius 2 is 2.06 bits per heavy atom. The minimum absolute atomic E-state index is 0.0479. The van der Waals surface area contributed by atoms with Crippen LogP contribution in [0.5, 0.6) is 0 Å². The van der Waals surface area contributed by atoms with Gasteiger partial charge in [-0.05, 0) is 11.5 Å². The van der Waals surface area contributed by atoms with E-state index in [4.69, 9.17) is 4.74 Å². The number of hydrogen-bond donors (Lipinski definition) is 1. The Kier molecular flexibility index (Phi) is 5.91. The van der Waals surface area contributed by atoms with Gasteiger partial charge in [-0.2, -0.15) is 0 Å². The third-order valence-corrected chi connectivity index (χ3v) is 2.83. The van der Waals surface area contributed by atoms with Gasteiger partial charge in [0, 0.05) is 0 Å². The molecule has 0 saturated heterocycles. The van der Waals surface area contributed by atoms with Gasteiger partial charge in [-0.1, -0.05) is 50.6 Å². The topological polar surface area (TPSA) is 55.4 Å². The van der Waals surface area contributed by atoms with Gasteiger partial charge in [0.05, 0.1) is 0 Å². The van der Waals surface area contributed by atoms with Crippen LogP contribution in [0.25, 0.3) is 0 Å². The lowest BCUT2D eigenvalue weighted by molar-refractivity contribution is 0.135. The molecule has 0 saturated carbocycles. The van der Waals surface area contributed by atoms with Crippen LogP contribution in [0.3, 0.4) is 0 Å². The third-order valence-electron chi connectivity index (χ3n) is 2.83. The van der Waals surface area contributed by atoms with Crippen LogP contribution in [0.4, 0.5) is 4.79 Å². The molecule has 0 spiro atoms. The van der Waals surface area contributed by atoms with Crippen LogP contribution in [0, 0.1) is 5.92 Å². The standard InChI is InChI=1S/C14H18NO3/c1-3-11(2)13(9-16)15-14(17)18-10-12-7-5-4-6-8-12/h4-8,11,13H,3,10H2,1-2H3,(H,15,17)/t11-,13+/m0/s1. The van der Waals surface area contributed by atoms with E-state index in [0.717, 1.165) is 12.0 Å². The van der Waals surface area contributed by atoms with E-state index in [0.29, 0.717) is 0 Å². The van der Waals surface area contributed by atoms with Crippen molar-refractivity contribution in [1.82, 2.24) is 5.32 Å². The molecule has 0 fully saturated rings. The predicted molar refractivity (Wildman–Crippen MR) is 68.7 cm³/mol. The number of carbonyl (C=O) groups is 1. The molecule has 0 aliphatic heterocycles. The number of benzene rings is 1. The summed E-state index contributed by atoms with van der Waals surface area (Å²) in [6.45, 7) is 4.03. The molecule has 97 valence electrons. The monoisotopic (exact) mass is 248 g/mol. The Labute approximate surface area is 107 Å². The molecule has 2 atom stereocenters. The average molecular weight is 248 g/mol. The molecular weight excluding hydrogens is 230 g/mol. The van der Waals surface area contributed by atoms with E-state index >= 15 is 0 Å². The number of carbonyl (C=O) groups excluding carboxylic acids is 2. The highest BCUT2D eigenvalue weighted by atomic mass is 16.5. The van der Waals surface area contributed by atoms with Crippen molar-refractivity contribution in [2.75, 3.05) is 0 Å². The predicted octanol–water partition coefficient (Wildman–Crippen LogP) is 2.44. The summed E-state index contributed by atoms with van der Waals surface area (Å²) in [5.41, 5.74) is 0.905. The zero-order valence-electron chi connectivity index (χ0n) is 10.7. The maximum atomic E-state index is 11.5. The number of hydrogen-bond acceptors (Lipinski definition) is 3. The summed E-state index contributed by atoms with van der Waals surface area (Å²) in [4.78, 5) is 22.2. The summed E-state index contributed by atoms with van der Waals surface area (Å²) >= 11 is 0. The van der Waals surface area contributed by atoms with Crippen molar-refractivity contribution in [2.24, 2.45) is 5.92 Å². The maximum absolute atomic E-state index is 11.5. The summed E-state index contributed by atoms with van der Waals surface area (Å²) in [5, 5.41) is 2.50. The van der Waals surface area contributed by atoms with E-state index in [2.05, 4.69) is 5.32 Å². The van der Waals surface area contributed by atoms with E-state index in [9.17, 15) is 9.59 Å². The van der Waals surface area contributed by atoms with Crippen LogP contribution in [-0.4, -0.2) is 18.4 Å². The highest BCUT2D eigenvalue weighted by Crippen LogP contribution is 2.06. The highest BCUT2D eigenvalue weighted by Gasteiger charge is 2.18. The molecular formula is C14H18NO3. The zero-order valence-corrected chi connectivity index (χ0v) is 10.7. The molecule has 1 rings (SSSR count).